The highest BCUT2D eigenvalue weighted by Gasteiger charge is 2.50. The molecule has 2 aromatic carbocycles. The summed E-state index contributed by atoms with van der Waals surface area (Å²) in [4.78, 5) is 262. The van der Waals surface area contributed by atoms with E-state index in [1.165, 1.54) is 50.5 Å². The third-order valence-electron chi connectivity index (χ3n) is 23.1. The van der Waals surface area contributed by atoms with Crippen molar-refractivity contribution in [2.45, 2.75) is 235 Å². The highest BCUT2D eigenvalue weighted by atomic mass is 32.2. The number of aliphatic hydroxyl groups is 1. The predicted molar refractivity (Wildman–Crippen MR) is 467 cm³/mol. The highest BCUT2D eigenvalue weighted by molar-refractivity contribution is 8.00. The molecule has 0 spiro atoms. The summed E-state index contributed by atoms with van der Waals surface area (Å²) < 4.78 is 0. The Bertz CT molecular complexity index is 4550. The van der Waals surface area contributed by atoms with E-state index in [1.807, 2.05) is 13.8 Å². The number of guanidine groups is 1. The second-order valence-electron chi connectivity index (χ2n) is 33.3. The number of hydrogen-bond acceptors (Lipinski definition) is 22. The fraction of sp³-hybridized carbons (Fsp3) is 0.588. The number of aliphatic hydroxyl groups excluding tert-OH is 1. The van der Waals surface area contributed by atoms with Gasteiger partial charge in [0.15, 0.2) is 11.7 Å². The van der Waals surface area contributed by atoms with E-state index in [-0.39, 0.29) is 89.6 Å². The smallest absolute Gasteiger partial charge is 0.260 e. The van der Waals surface area contributed by atoms with Crippen molar-refractivity contribution in [2.75, 3.05) is 72.0 Å². The number of hydrazine groups is 1. The van der Waals surface area contributed by atoms with Crippen LogP contribution in [0.15, 0.2) is 73.3 Å². The number of nitrogens with zero attached hydrogens (tertiary/aromatic N) is 7. The Morgan fingerprint density at radius 2 is 1.28 bits per heavy atom. The number of nitrogens with one attached hydrogen (secondary N) is 13. The van der Waals surface area contributed by atoms with Crippen molar-refractivity contribution in [1.82, 2.24) is 97.7 Å². The molecule has 41 nitrogen and oxygen atoms in total. The van der Waals surface area contributed by atoms with Crippen LogP contribution >= 0.6 is 11.8 Å². The summed E-state index contributed by atoms with van der Waals surface area (Å²) in [6.45, 7) is 6.59. The summed E-state index contributed by atoms with van der Waals surface area (Å²) in [6, 6.07) is -2.30. The number of rotatable bonds is 24. The van der Waals surface area contributed by atoms with Gasteiger partial charge in [-0.05, 0) is 101 Å². The molecule has 1 unspecified atom stereocenters. The lowest BCUT2D eigenvalue weighted by molar-refractivity contribution is -0.179. The van der Waals surface area contributed by atoms with E-state index < -0.39 is 235 Å². The summed E-state index contributed by atoms with van der Waals surface area (Å²) in [5.41, 5.74) is 19.0. The van der Waals surface area contributed by atoms with E-state index in [0.717, 1.165) is 26.5 Å². The number of carbonyl (C=O) groups excluding carboxylic acids is 17. The Labute approximate surface area is 741 Å². The van der Waals surface area contributed by atoms with Crippen LogP contribution in [-0.4, -0.2) is 306 Å². The van der Waals surface area contributed by atoms with Gasteiger partial charge >= 0.3 is 0 Å². The van der Waals surface area contributed by atoms with Crippen LogP contribution in [0, 0.1) is 17.2 Å². The third-order valence-corrected chi connectivity index (χ3v) is 24.2. The number of unbranched alkanes of at least 4 members (excludes halogenated alkanes) is 2. The molecule has 0 saturated carbocycles. The summed E-state index contributed by atoms with van der Waals surface area (Å²) in [5.74, 6) is -17.4. The van der Waals surface area contributed by atoms with Gasteiger partial charge in [0.2, 0.25) is 88.6 Å². The minimum absolute atomic E-state index is 0.00806. The molecule has 2 bridgehead atoms. The lowest BCUT2D eigenvalue weighted by atomic mass is 9.92. The van der Waals surface area contributed by atoms with E-state index in [9.17, 15) is 72.2 Å². The van der Waals surface area contributed by atoms with Gasteiger partial charge in [-0.2, -0.15) is 0 Å². The van der Waals surface area contributed by atoms with Gasteiger partial charge in [-0.15, -0.1) is 11.8 Å². The van der Waals surface area contributed by atoms with E-state index in [4.69, 9.17) is 22.6 Å². The van der Waals surface area contributed by atoms with Crippen molar-refractivity contribution >= 4 is 129 Å². The number of thioether (sulfide) groups is 1. The Hall–Kier alpha value is -12.1. The lowest BCUT2D eigenvalue weighted by Gasteiger charge is -2.48. The quantitative estimate of drug-likeness (QED) is 0.0194. The number of likely N-dealkylation sites (N-methyl/N-ethyl adjacent to an activating group) is 3. The summed E-state index contributed by atoms with van der Waals surface area (Å²) in [7, 11) is 3.99. The van der Waals surface area contributed by atoms with E-state index >= 15 is 14.4 Å². The first-order chi connectivity index (χ1) is 60.5. The number of carbonyl (C=O) groups is 17. The number of primary amides is 2. The van der Waals surface area contributed by atoms with Crippen molar-refractivity contribution < 1.29 is 86.6 Å². The number of fused-ring (bicyclic) bond motifs is 6. The molecule has 2 aromatic heterocycles. The molecule has 42 heteroatoms. The predicted octanol–water partition coefficient (Wildman–Crippen LogP) is -2.62. The van der Waals surface area contributed by atoms with Crippen molar-refractivity contribution in [1.29, 1.82) is 5.41 Å². The van der Waals surface area contributed by atoms with Gasteiger partial charge in [0.25, 0.3) is 5.91 Å². The van der Waals surface area contributed by atoms with Crippen LogP contribution in [0.5, 0.6) is 0 Å². The average molecular weight is 1790 g/mol. The van der Waals surface area contributed by atoms with Gasteiger partial charge in [0, 0.05) is 107 Å². The minimum Gasteiger partial charge on any atom is -0.394 e. The SMILES string of the molecule is CCCC[C@H]1C(=O)N[C@@H](CCCNC(=N)N)C(=O)N[C@H](C(=O)NCC(N)=O)CSCC(=O)N[C@@H](Cc2ccccc2)C(=O)N(C)[C@@H](C)C(=O)N[C@@H](CC(N)=O)C(=O)N2CCC[C@H]2C(=O)N[C@@H](Cc2cnc[nH]2)C(=O)N[C@@H](CC(C)C)C(=O)N(C)CC(=O)C[C@@H](Cc2c[nH]c3ccccc23)C(=O)N[C@@H](CO)C(=O)N[C@H]2CC3CCCN3N(C2=O)[C@@H](CCCC)C(=O)N1C. The zero-order valence-corrected chi connectivity index (χ0v) is 74.2. The molecule has 20 N–H and O–H groups in total. The second-order valence-corrected chi connectivity index (χ2v) is 34.4. The molecule has 4 fully saturated rings. The van der Waals surface area contributed by atoms with Crippen LogP contribution < -0.4 is 70.4 Å². The summed E-state index contributed by atoms with van der Waals surface area (Å²) >= 11 is 0.806. The molecule has 0 aliphatic carbocycles. The normalized spacial score (nSPS) is 25.6. The Morgan fingerprint density at radius 1 is 0.622 bits per heavy atom. The lowest BCUT2D eigenvalue weighted by Crippen LogP contribution is -2.68. The molecule has 8 rings (SSSR count). The van der Waals surface area contributed by atoms with Gasteiger partial charge < -0.3 is 105 Å². The van der Waals surface area contributed by atoms with Gasteiger partial charge in [0.1, 0.15) is 72.5 Å². The van der Waals surface area contributed by atoms with E-state index in [0.29, 0.717) is 72.8 Å². The Morgan fingerprint density at radius 3 is 1.94 bits per heavy atom. The molecule has 6 heterocycles. The number of nitrogens with two attached hydrogens (primary N) is 3. The zero-order chi connectivity index (χ0) is 92.9. The van der Waals surface area contributed by atoms with Crippen molar-refractivity contribution in [3.8, 4) is 0 Å². The molecular formula is C85H125N23O18S. The third kappa shape index (κ3) is 28.7. The van der Waals surface area contributed by atoms with Crippen LogP contribution in [0.1, 0.15) is 154 Å². The maximum absolute atomic E-state index is 15.7. The van der Waals surface area contributed by atoms with Gasteiger partial charge in [-0.3, -0.25) is 91.9 Å². The minimum atomic E-state index is -1.73. The molecule has 0 radical (unpaired) electrons. The van der Waals surface area contributed by atoms with Crippen molar-refractivity contribution in [2.24, 2.45) is 29.0 Å². The first-order valence-electron chi connectivity index (χ1n) is 43.3. The number of para-hydroxylation sites is 1. The first kappa shape index (κ1) is 100. The molecule has 4 saturated heterocycles. The topological polar surface area (TPSA) is 597 Å². The fourth-order valence-corrected chi connectivity index (χ4v) is 17.1. The van der Waals surface area contributed by atoms with E-state index in [1.54, 1.807) is 79.7 Å². The van der Waals surface area contributed by atoms with Crippen LogP contribution in [0.25, 0.3) is 10.9 Å². The molecule has 127 heavy (non-hydrogen) atoms. The summed E-state index contributed by atoms with van der Waals surface area (Å²) in [5, 5.41) is 49.2. The monoisotopic (exact) mass is 1790 g/mol. The molecule has 4 aliphatic heterocycles. The number of imidazole rings is 1. The Balaban J connectivity index is 1.16. The number of aromatic nitrogens is 3. The van der Waals surface area contributed by atoms with Gasteiger partial charge in [-0.25, -0.2) is 9.99 Å². The maximum atomic E-state index is 15.7. The van der Waals surface area contributed by atoms with Crippen molar-refractivity contribution in [3.05, 3.63) is 90.1 Å². The Kier molecular flexibility index (Phi) is 38.4. The van der Waals surface area contributed by atoms with Gasteiger partial charge in [0.05, 0.1) is 38.2 Å². The van der Waals surface area contributed by atoms with Crippen LogP contribution in [0.4, 0.5) is 0 Å². The van der Waals surface area contributed by atoms with Crippen LogP contribution in [0.3, 0.4) is 0 Å². The maximum Gasteiger partial charge on any atom is 0.260 e. The number of Topliss-reactive ketones (excluding diaryl/α,β-unsaturated/α-hetero) is 1. The number of ketones is 1. The zero-order valence-electron chi connectivity index (χ0n) is 73.3. The molecule has 4 aliphatic rings. The average Bonchev–Trinajstić information content (AvgIpc) is 1.73. The van der Waals surface area contributed by atoms with E-state index in [2.05, 4.69) is 68.1 Å². The summed E-state index contributed by atoms with van der Waals surface area (Å²) in [6.07, 6.45) is 5.80. The molecule has 694 valence electrons. The molecule has 14 atom stereocenters. The van der Waals surface area contributed by atoms with Crippen molar-refractivity contribution in [3.63, 3.8) is 0 Å². The fourth-order valence-electron chi connectivity index (χ4n) is 16.3. The number of amides is 16. The van der Waals surface area contributed by atoms with Crippen LogP contribution in [-0.2, 0) is 101 Å². The second kappa shape index (κ2) is 48.6. The standard InChI is InChI=1S/C85H125N23O18S/c1-9-11-27-66-78(120)96-58(26-18-30-91-85(88)89)75(117)102-65(74(116)93-42-70(87)112)45-127-46-71(113)95-61(34-50-21-14-13-15-22-50)81(123)104(7)49(5)72(114)98-63(39-69(86)111)82(124)106-31-20-29-67(106)79(121)97-59(37-53-41-90-47-94-53)76(118)99-60(33-48(3)4)80(122)103(6)43-55(110)36-51(35-52-40-92-57-25-17-16-24-56(52)57)73(115)101-64(44-109)77(119)100-62-38-54-23-19-32-107(54)108(83(62)125)68(28-12-10-2)84(126)105(66)8/h13-17,21-22,24-25,40-41,47-49,51,54,58-68,92,109H,9-12,18-20,23,26-39,42-46H2,1-8H3,(H2,86,111)(H2,87,112)(H,90,94)(H,93,116)(H,95,113)(H,96,120)(H,97,121)(H,98,114)(H,99,118)(H,100,119)(H,101,115)(H,102,117)(H4,88,89,91)/t49-,51+,54?,58-,59-,60-,61-,62-,63-,64-,65-,66-,67-,68-/m0/s1. The number of hydrogen-bond donors (Lipinski definition) is 17. The highest BCUT2D eigenvalue weighted by Crippen LogP contribution is 2.34. The number of H-pyrrole nitrogens is 2. The molecular weight excluding hydrogens is 1660 g/mol. The van der Waals surface area contributed by atoms with Gasteiger partial charge in [-0.1, -0.05) is 102 Å². The largest absolute Gasteiger partial charge is 0.394 e. The molecule has 16 amide bonds. The first-order valence-corrected chi connectivity index (χ1v) is 44.5. The number of aromatic amines is 2. The van der Waals surface area contributed by atoms with Crippen LogP contribution in [0.2, 0.25) is 0 Å². The molecule has 4 aromatic rings. The number of benzene rings is 2.